The zero-order chi connectivity index (χ0) is 14.2. The Kier molecular flexibility index (Phi) is 4.26. The van der Waals surface area contributed by atoms with E-state index >= 15 is 0 Å². The maximum atomic E-state index is 13.7. The summed E-state index contributed by atoms with van der Waals surface area (Å²) >= 11 is 5.70. The number of rotatable bonds is 3. The van der Waals surface area contributed by atoms with Crippen LogP contribution in [-0.4, -0.2) is 18.0 Å². The maximum Gasteiger partial charge on any atom is 0.143 e. The van der Waals surface area contributed by atoms with Crippen LogP contribution in [0.3, 0.4) is 0 Å². The van der Waals surface area contributed by atoms with E-state index < -0.39 is 5.82 Å². The highest BCUT2D eigenvalue weighted by Gasteiger charge is 2.41. The summed E-state index contributed by atoms with van der Waals surface area (Å²) in [6.45, 7) is 5.88. The molecular formula is C15H18ClFO2. The standard InChI is InChI=1S/C15H18ClFO2/c1-8-9(2)19-10(3)15(8)14(18)6-11-4-5-12(16)7-13(11)17/h4-5,7-10,15H,6H2,1-3H3. The third-order valence-electron chi connectivity index (χ3n) is 3.99. The van der Waals surface area contributed by atoms with Crippen molar-refractivity contribution in [1.82, 2.24) is 0 Å². The second kappa shape index (κ2) is 5.59. The molecule has 4 unspecified atom stereocenters. The van der Waals surface area contributed by atoms with E-state index in [1.165, 1.54) is 6.07 Å². The van der Waals surface area contributed by atoms with Gasteiger partial charge in [-0.25, -0.2) is 4.39 Å². The number of ether oxygens (including phenoxy) is 1. The fourth-order valence-electron chi connectivity index (χ4n) is 2.79. The molecular weight excluding hydrogens is 267 g/mol. The van der Waals surface area contributed by atoms with Crippen molar-refractivity contribution in [2.45, 2.75) is 39.4 Å². The van der Waals surface area contributed by atoms with Crippen molar-refractivity contribution in [2.24, 2.45) is 11.8 Å². The van der Waals surface area contributed by atoms with Crippen LogP contribution in [0.5, 0.6) is 0 Å². The van der Waals surface area contributed by atoms with Gasteiger partial charge in [0, 0.05) is 17.4 Å². The van der Waals surface area contributed by atoms with Gasteiger partial charge in [-0.3, -0.25) is 4.79 Å². The van der Waals surface area contributed by atoms with Crippen LogP contribution in [0, 0.1) is 17.7 Å². The fraction of sp³-hybridized carbons (Fsp3) is 0.533. The molecule has 1 aromatic rings. The van der Waals surface area contributed by atoms with Gasteiger partial charge in [-0.2, -0.15) is 0 Å². The monoisotopic (exact) mass is 284 g/mol. The first kappa shape index (κ1) is 14.5. The highest BCUT2D eigenvalue weighted by molar-refractivity contribution is 6.30. The van der Waals surface area contributed by atoms with Gasteiger partial charge in [-0.1, -0.05) is 24.6 Å². The van der Waals surface area contributed by atoms with Crippen molar-refractivity contribution in [3.8, 4) is 0 Å². The Labute approximate surface area is 117 Å². The molecule has 1 heterocycles. The van der Waals surface area contributed by atoms with E-state index in [1.807, 2.05) is 20.8 Å². The van der Waals surface area contributed by atoms with E-state index in [2.05, 4.69) is 0 Å². The molecule has 0 amide bonds. The normalized spacial score (nSPS) is 30.6. The molecule has 4 heteroatoms. The van der Waals surface area contributed by atoms with Crippen molar-refractivity contribution < 1.29 is 13.9 Å². The van der Waals surface area contributed by atoms with Gasteiger partial charge in [0.2, 0.25) is 0 Å². The van der Waals surface area contributed by atoms with Gasteiger partial charge in [0.1, 0.15) is 11.6 Å². The van der Waals surface area contributed by atoms with Crippen LogP contribution in [-0.2, 0) is 16.0 Å². The molecule has 0 spiro atoms. The van der Waals surface area contributed by atoms with Crippen molar-refractivity contribution in [3.63, 3.8) is 0 Å². The molecule has 4 atom stereocenters. The lowest BCUT2D eigenvalue weighted by Gasteiger charge is -2.17. The van der Waals surface area contributed by atoms with Crippen LogP contribution in [0.1, 0.15) is 26.3 Å². The summed E-state index contributed by atoms with van der Waals surface area (Å²) in [5, 5.41) is 0.341. The predicted octanol–water partition coefficient (Wildman–Crippen LogP) is 3.65. The van der Waals surface area contributed by atoms with Gasteiger partial charge in [-0.05, 0) is 37.5 Å². The van der Waals surface area contributed by atoms with Gasteiger partial charge >= 0.3 is 0 Å². The molecule has 0 aromatic heterocycles. The average molecular weight is 285 g/mol. The molecule has 0 N–H and O–H groups in total. The Morgan fingerprint density at radius 2 is 2.00 bits per heavy atom. The quantitative estimate of drug-likeness (QED) is 0.847. The minimum Gasteiger partial charge on any atom is -0.375 e. The first-order valence-electron chi connectivity index (χ1n) is 6.52. The number of carbonyl (C=O) groups excluding carboxylic acids is 1. The Hall–Kier alpha value is -0.930. The van der Waals surface area contributed by atoms with Gasteiger partial charge in [0.05, 0.1) is 12.2 Å². The lowest BCUT2D eigenvalue weighted by atomic mass is 9.84. The fourth-order valence-corrected chi connectivity index (χ4v) is 2.95. The molecule has 2 rings (SSSR count). The van der Waals surface area contributed by atoms with E-state index in [-0.39, 0.29) is 36.2 Å². The first-order chi connectivity index (χ1) is 8.90. The number of benzene rings is 1. The van der Waals surface area contributed by atoms with Gasteiger partial charge in [0.25, 0.3) is 0 Å². The number of ketones is 1. The topological polar surface area (TPSA) is 26.3 Å². The molecule has 0 aliphatic carbocycles. The largest absolute Gasteiger partial charge is 0.375 e. The Morgan fingerprint density at radius 1 is 1.32 bits per heavy atom. The van der Waals surface area contributed by atoms with Crippen LogP contribution < -0.4 is 0 Å². The number of hydrogen-bond donors (Lipinski definition) is 0. The van der Waals surface area contributed by atoms with Crippen LogP contribution in [0.4, 0.5) is 4.39 Å². The summed E-state index contributed by atoms with van der Waals surface area (Å²) in [6.07, 6.45) is 0.0604. The zero-order valence-corrected chi connectivity index (χ0v) is 12.1. The minimum atomic E-state index is -0.423. The predicted molar refractivity (Wildman–Crippen MR) is 72.8 cm³/mol. The Morgan fingerprint density at radius 3 is 2.53 bits per heavy atom. The van der Waals surface area contributed by atoms with Crippen LogP contribution >= 0.6 is 11.6 Å². The summed E-state index contributed by atoms with van der Waals surface area (Å²) in [5.41, 5.74) is 0.397. The summed E-state index contributed by atoms with van der Waals surface area (Å²) in [5.74, 6) is -0.387. The van der Waals surface area contributed by atoms with Crippen LogP contribution in [0.15, 0.2) is 18.2 Å². The highest BCUT2D eigenvalue weighted by atomic mass is 35.5. The molecule has 1 saturated heterocycles. The van der Waals surface area contributed by atoms with E-state index in [1.54, 1.807) is 12.1 Å². The highest BCUT2D eigenvalue weighted by Crippen LogP contribution is 2.33. The summed E-state index contributed by atoms with van der Waals surface area (Å²) in [6, 6.07) is 4.42. The molecule has 1 aliphatic rings. The molecule has 0 radical (unpaired) electrons. The van der Waals surface area contributed by atoms with Gasteiger partial charge in [0.15, 0.2) is 0 Å². The van der Waals surface area contributed by atoms with E-state index in [0.29, 0.717) is 10.6 Å². The summed E-state index contributed by atoms with van der Waals surface area (Å²) in [4.78, 5) is 12.3. The second-order valence-corrected chi connectivity index (χ2v) is 5.75. The number of carbonyl (C=O) groups is 1. The molecule has 19 heavy (non-hydrogen) atoms. The first-order valence-corrected chi connectivity index (χ1v) is 6.90. The molecule has 1 aromatic carbocycles. The third-order valence-corrected chi connectivity index (χ3v) is 4.23. The zero-order valence-electron chi connectivity index (χ0n) is 11.3. The minimum absolute atomic E-state index is 0.0329. The van der Waals surface area contributed by atoms with Gasteiger partial charge in [-0.15, -0.1) is 0 Å². The third kappa shape index (κ3) is 2.98. The Balaban J connectivity index is 2.13. The van der Waals surface area contributed by atoms with Crippen molar-refractivity contribution in [3.05, 3.63) is 34.6 Å². The lowest BCUT2D eigenvalue weighted by Crippen LogP contribution is -2.28. The van der Waals surface area contributed by atoms with Crippen LogP contribution in [0.25, 0.3) is 0 Å². The summed E-state index contributed by atoms with van der Waals surface area (Å²) in [7, 11) is 0. The average Bonchev–Trinajstić information content (AvgIpc) is 2.57. The smallest absolute Gasteiger partial charge is 0.143 e. The molecule has 104 valence electrons. The van der Waals surface area contributed by atoms with E-state index in [0.717, 1.165) is 0 Å². The molecule has 1 aliphatic heterocycles. The van der Waals surface area contributed by atoms with E-state index in [9.17, 15) is 9.18 Å². The SMILES string of the molecule is CC1OC(C)C(C(=O)Cc2ccc(Cl)cc2F)C1C. The molecule has 0 bridgehead atoms. The molecule has 2 nitrogen and oxygen atoms in total. The Bertz CT molecular complexity index is 489. The molecule has 0 saturated carbocycles. The van der Waals surface area contributed by atoms with Gasteiger partial charge < -0.3 is 4.74 Å². The van der Waals surface area contributed by atoms with Crippen LogP contribution in [0.2, 0.25) is 5.02 Å². The maximum absolute atomic E-state index is 13.7. The summed E-state index contributed by atoms with van der Waals surface area (Å²) < 4.78 is 19.4. The molecule has 1 fully saturated rings. The van der Waals surface area contributed by atoms with E-state index in [4.69, 9.17) is 16.3 Å². The lowest BCUT2D eigenvalue weighted by molar-refractivity contribution is -0.124. The van der Waals surface area contributed by atoms with Crippen molar-refractivity contribution in [2.75, 3.05) is 0 Å². The number of Topliss-reactive ketones (excluding diaryl/α,β-unsaturated/α-hetero) is 1. The van der Waals surface area contributed by atoms with Crippen molar-refractivity contribution >= 4 is 17.4 Å². The van der Waals surface area contributed by atoms with Crippen molar-refractivity contribution in [1.29, 1.82) is 0 Å². The second-order valence-electron chi connectivity index (χ2n) is 5.31. The number of hydrogen-bond acceptors (Lipinski definition) is 2. The number of halogens is 2.